The summed E-state index contributed by atoms with van der Waals surface area (Å²) >= 11 is 0. The van der Waals surface area contributed by atoms with E-state index in [0.717, 1.165) is 11.1 Å². The van der Waals surface area contributed by atoms with Crippen LogP contribution >= 0.6 is 0 Å². The molecule has 1 aromatic carbocycles. The number of carboxylic acid groups (broad SMARTS) is 1. The highest BCUT2D eigenvalue weighted by Crippen LogP contribution is 2.24. The van der Waals surface area contributed by atoms with Gasteiger partial charge in [0.25, 0.3) is 0 Å². The lowest BCUT2D eigenvalue weighted by atomic mass is 9.85. The molecule has 3 N–H and O–H groups in total. The van der Waals surface area contributed by atoms with E-state index in [-0.39, 0.29) is 5.69 Å². The molecule has 0 spiro atoms. The monoisotopic (exact) mass is 260 g/mol. The molecule has 0 bridgehead atoms. The highest BCUT2D eigenvalue weighted by Gasteiger charge is 2.27. The fraction of sp³-hybridized carbons (Fsp3) is 0.286. The summed E-state index contributed by atoms with van der Waals surface area (Å²) < 4.78 is 0. The Kier molecular flexibility index (Phi) is 3.29. The lowest BCUT2D eigenvalue weighted by Crippen LogP contribution is -2.26. The zero-order valence-corrected chi connectivity index (χ0v) is 10.9. The number of aromatic nitrogens is 2. The number of nitrogens with one attached hydrogen (secondary N) is 2. The van der Waals surface area contributed by atoms with Gasteiger partial charge in [-0.3, -0.25) is 4.79 Å². The smallest absolute Gasteiger partial charge is 0.323 e. The number of aromatic amines is 2. The van der Waals surface area contributed by atoms with Crippen molar-refractivity contribution in [3.63, 3.8) is 0 Å². The number of aliphatic carboxylic acids is 1. The fourth-order valence-corrected chi connectivity index (χ4v) is 1.92. The van der Waals surface area contributed by atoms with Crippen molar-refractivity contribution in [2.45, 2.75) is 20.3 Å². The molecule has 0 amide bonds. The van der Waals surface area contributed by atoms with Crippen LogP contribution in [0.2, 0.25) is 0 Å². The first-order valence-corrected chi connectivity index (χ1v) is 5.99. The van der Waals surface area contributed by atoms with Crippen LogP contribution in [0, 0.1) is 5.41 Å². The van der Waals surface area contributed by atoms with Gasteiger partial charge in [0.1, 0.15) is 0 Å². The van der Waals surface area contributed by atoms with Crippen LogP contribution in [0.25, 0.3) is 11.3 Å². The molecule has 1 heterocycles. The van der Waals surface area contributed by atoms with E-state index in [0.29, 0.717) is 12.1 Å². The van der Waals surface area contributed by atoms with E-state index < -0.39 is 11.4 Å². The lowest BCUT2D eigenvalue weighted by Gasteiger charge is -2.19. The maximum Gasteiger partial charge on any atom is 0.323 e. The second kappa shape index (κ2) is 4.76. The Morgan fingerprint density at radius 1 is 1.37 bits per heavy atom. The van der Waals surface area contributed by atoms with Gasteiger partial charge >= 0.3 is 11.7 Å². The number of hydrogen-bond acceptors (Lipinski definition) is 2. The number of benzene rings is 1. The molecule has 2 aromatic rings. The minimum atomic E-state index is -0.826. The van der Waals surface area contributed by atoms with Crippen molar-refractivity contribution < 1.29 is 9.90 Å². The average Bonchev–Trinajstić information content (AvgIpc) is 2.75. The summed E-state index contributed by atoms with van der Waals surface area (Å²) in [7, 11) is 0. The summed E-state index contributed by atoms with van der Waals surface area (Å²) in [5.74, 6) is -0.826. The minimum Gasteiger partial charge on any atom is -0.481 e. The molecule has 0 atom stereocenters. The second-order valence-electron chi connectivity index (χ2n) is 5.22. The maximum atomic E-state index is 11.1. The molecule has 0 aliphatic heterocycles. The average molecular weight is 260 g/mol. The van der Waals surface area contributed by atoms with Gasteiger partial charge in [-0.2, -0.15) is 0 Å². The Morgan fingerprint density at radius 2 is 2.11 bits per heavy atom. The van der Waals surface area contributed by atoms with Crippen molar-refractivity contribution in [2.24, 2.45) is 5.41 Å². The van der Waals surface area contributed by atoms with Crippen LogP contribution in [0.4, 0.5) is 0 Å². The van der Waals surface area contributed by atoms with Gasteiger partial charge in [0.2, 0.25) is 0 Å². The molecular formula is C14H16N2O3. The van der Waals surface area contributed by atoms with E-state index in [4.69, 9.17) is 5.11 Å². The summed E-state index contributed by atoms with van der Waals surface area (Å²) in [5.41, 5.74) is 1.40. The van der Waals surface area contributed by atoms with Gasteiger partial charge in [-0.25, -0.2) is 4.79 Å². The van der Waals surface area contributed by atoms with Crippen LogP contribution in [0.5, 0.6) is 0 Å². The largest absolute Gasteiger partial charge is 0.481 e. The van der Waals surface area contributed by atoms with E-state index in [1.165, 1.54) is 0 Å². The van der Waals surface area contributed by atoms with Crippen molar-refractivity contribution in [3.8, 4) is 11.3 Å². The molecule has 0 radical (unpaired) electrons. The van der Waals surface area contributed by atoms with Crippen LogP contribution in [0.15, 0.2) is 35.3 Å². The number of carboxylic acids is 1. The Hall–Kier alpha value is -2.30. The summed E-state index contributed by atoms with van der Waals surface area (Å²) in [6.45, 7) is 3.39. The molecule has 0 saturated heterocycles. The van der Waals surface area contributed by atoms with E-state index >= 15 is 0 Å². The number of hydrogen-bond donors (Lipinski definition) is 3. The predicted molar refractivity (Wildman–Crippen MR) is 72.0 cm³/mol. The van der Waals surface area contributed by atoms with Gasteiger partial charge in [-0.15, -0.1) is 0 Å². The van der Waals surface area contributed by atoms with Gasteiger partial charge in [0.15, 0.2) is 0 Å². The van der Waals surface area contributed by atoms with Crippen LogP contribution < -0.4 is 5.69 Å². The van der Waals surface area contributed by atoms with E-state index in [2.05, 4.69) is 9.97 Å². The molecule has 0 fully saturated rings. The van der Waals surface area contributed by atoms with Gasteiger partial charge in [-0.1, -0.05) is 18.2 Å². The number of imidazole rings is 1. The Labute approximate surface area is 110 Å². The molecule has 1 aromatic heterocycles. The number of H-pyrrole nitrogens is 2. The van der Waals surface area contributed by atoms with Crippen LogP contribution in [-0.2, 0) is 11.2 Å². The fourth-order valence-electron chi connectivity index (χ4n) is 1.92. The molecule has 19 heavy (non-hydrogen) atoms. The Bertz CT molecular complexity index is 652. The third-order valence-electron chi connectivity index (χ3n) is 3.06. The standard InChI is InChI=1S/C14H16N2O3/c1-14(2,12(17)18)7-9-4-3-5-10(6-9)11-8-15-13(19)16-11/h3-6,8H,7H2,1-2H3,(H,17,18)(H2,15,16,19). The first-order chi connectivity index (χ1) is 8.88. The summed E-state index contributed by atoms with van der Waals surface area (Å²) in [4.78, 5) is 27.4. The van der Waals surface area contributed by atoms with Crippen LogP contribution in [-0.4, -0.2) is 21.0 Å². The third kappa shape index (κ3) is 2.93. The third-order valence-corrected chi connectivity index (χ3v) is 3.06. The van der Waals surface area contributed by atoms with Crippen LogP contribution in [0.1, 0.15) is 19.4 Å². The van der Waals surface area contributed by atoms with E-state index in [1.54, 1.807) is 20.0 Å². The second-order valence-corrected chi connectivity index (χ2v) is 5.22. The predicted octanol–water partition coefficient (Wildman–Crippen LogP) is 2.02. The summed E-state index contributed by atoms with van der Waals surface area (Å²) in [5, 5.41) is 9.14. The van der Waals surface area contributed by atoms with E-state index in [1.807, 2.05) is 24.3 Å². The number of rotatable bonds is 4. The van der Waals surface area contributed by atoms with Crippen LogP contribution in [0.3, 0.4) is 0 Å². The van der Waals surface area contributed by atoms with Crippen molar-refractivity contribution in [1.29, 1.82) is 0 Å². The van der Waals surface area contributed by atoms with Crippen molar-refractivity contribution >= 4 is 5.97 Å². The Morgan fingerprint density at radius 3 is 2.68 bits per heavy atom. The van der Waals surface area contributed by atoms with Crippen molar-refractivity contribution in [2.75, 3.05) is 0 Å². The summed E-state index contributed by atoms with van der Waals surface area (Å²) in [6, 6.07) is 7.51. The first kappa shape index (κ1) is 13.1. The zero-order chi connectivity index (χ0) is 14.0. The molecule has 0 unspecified atom stereocenters. The first-order valence-electron chi connectivity index (χ1n) is 5.99. The van der Waals surface area contributed by atoms with Gasteiger partial charge in [0, 0.05) is 6.20 Å². The molecule has 5 nitrogen and oxygen atoms in total. The highest BCUT2D eigenvalue weighted by molar-refractivity contribution is 5.74. The molecular weight excluding hydrogens is 244 g/mol. The van der Waals surface area contributed by atoms with Crippen molar-refractivity contribution in [3.05, 3.63) is 46.5 Å². The Balaban J connectivity index is 2.30. The number of carbonyl (C=O) groups is 1. The summed E-state index contributed by atoms with van der Waals surface area (Å²) in [6.07, 6.45) is 2.04. The molecule has 5 heteroatoms. The molecule has 100 valence electrons. The minimum absolute atomic E-state index is 0.258. The topological polar surface area (TPSA) is 86.0 Å². The van der Waals surface area contributed by atoms with Gasteiger partial charge < -0.3 is 15.1 Å². The highest BCUT2D eigenvalue weighted by atomic mass is 16.4. The van der Waals surface area contributed by atoms with Gasteiger partial charge in [-0.05, 0) is 37.5 Å². The molecule has 2 rings (SSSR count). The molecule has 0 aliphatic carbocycles. The quantitative estimate of drug-likeness (QED) is 0.786. The molecule has 0 saturated carbocycles. The van der Waals surface area contributed by atoms with E-state index in [9.17, 15) is 9.59 Å². The zero-order valence-electron chi connectivity index (χ0n) is 10.9. The normalized spacial score (nSPS) is 11.5. The van der Waals surface area contributed by atoms with Crippen molar-refractivity contribution in [1.82, 2.24) is 9.97 Å². The van der Waals surface area contributed by atoms with Gasteiger partial charge in [0.05, 0.1) is 11.1 Å². The molecule has 0 aliphatic rings. The SMILES string of the molecule is CC(C)(Cc1cccc(-c2c[nH]c(=O)[nH]2)c1)C(=O)O. The maximum absolute atomic E-state index is 11.1. The lowest BCUT2D eigenvalue weighted by molar-refractivity contribution is -0.146.